The predicted molar refractivity (Wildman–Crippen MR) is 80.3 cm³/mol. The van der Waals surface area contributed by atoms with Crippen molar-refractivity contribution in [2.24, 2.45) is 0 Å². The SMILES string of the molecule is Cc1ccc(S(=O)(=O)C[C@H](C)NCc2cc[nH]c2)cc1. The molecule has 108 valence electrons. The second-order valence-electron chi connectivity index (χ2n) is 5.10. The molecule has 4 nitrogen and oxygen atoms in total. The van der Waals surface area contributed by atoms with Crippen LogP contribution >= 0.6 is 0 Å². The molecule has 0 saturated carbocycles. The van der Waals surface area contributed by atoms with Crippen LogP contribution < -0.4 is 5.32 Å². The Morgan fingerprint density at radius 2 is 1.90 bits per heavy atom. The van der Waals surface area contributed by atoms with Gasteiger partial charge < -0.3 is 10.3 Å². The molecule has 0 aliphatic rings. The monoisotopic (exact) mass is 292 g/mol. The van der Waals surface area contributed by atoms with Gasteiger partial charge in [-0.05, 0) is 37.6 Å². The fraction of sp³-hybridized carbons (Fsp3) is 0.333. The van der Waals surface area contributed by atoms with Crippen LogP contribution in [0, 0.1) is 6.92 Å². The highest BCUT2D eigenvalue weighted by molar-refractivity contribution is 7.91. The number of nitrogens with one attached hydrogen (secondary N) is 2. The Labute approximate surface area is 120 Å². The van der Waals surface area contributed by atoms with Gasteiger partial charge in [0.05, 0.1) is 10.6 Å². The van der Waals surface area contributed by atoms with E-state index in [2.05, 4.69) is 10.3 Å². The van der Waals surface area contributed by atoms with Crippen LogP contribution in [0.2, 0.25) is 0 Å². The smallest absolute Gasteiger partial charge is 0.179 e. The van der Waals surface area contributed by atoms with E-state index in [4.69, 9.17) is 0 Å². The van der Waals surface area contributed by atoms with Crippen LogP contribution in [0.1, 0.15) is 18.1 Å². The van der Waals surface area contributed by atoms with Gasteiger partial charge in [-0.2, -0.15) is 0 Å². The zero-order valence-corrected chi connectivity index (χ0v) is 12.6. The summed E-state index contributed by atoms with van der Waals surface area (Å²) < 4.78 is 24.5. The highest BCUT2D eigenvalue weighted by atomic mass is 32.2. The van der Waals surface area contributed by atoms with Gasteiger partial charge >= 0.3 is 0 Å². The summed E-state index contributed by atoms with van der Waals surface area (Å²) in [5, 5.41) is 3.22. The van der Waals surface area contributed by atoms with E-state index in [0.29, 0.717) is 11.4 Å². The number of benzene rings is 1. The molecule has 0 unspecified atom stereocenters. The predicted octanol–water partition coefficient (Wildman–Crippen LogP) is 2.28. The van der Waals surface area contributed by atoms with E-state index < -0.39 is 9.84 Å². The van der Waals surface area contributed by atoms with Gasteiger partial charge in [-0.15, -0.1) is 0 Å². The van der Waals surface area contributed by atoms with Gasteiger partial charge in [0.25, 0.3) is 0 Å². The molecule has 2 rings (SSSR count). The van der Waals surface area contributed by atoms with Crippen molar-refractivity contribution >= 4 is 9.84 Å². The first-order chi connectivity index (χ1) is 9.47. The van der Waals surface area contributed by atoms with E-state index in [1.54, 1.807) is 12.1 Å². The fourth-order valence-electron chi connectivity index (χ4n) is 1.99. The number of sulfone groups is 1. The van der Waals surface area contributed by atoms with Crippen LogP contribution in [0.5, 0.6) is 0 Å². The average Bonchev–Trinajstić information content (AvgIpc) is 2.89. The normalized spacial score (nSPS) is 13.3. The molecule has 5 heteroatoms. The maximum atomic E-state index is 12.3. The molecule has 2 N–H and O–H groups in total. The molecule has 0 bridgehead atoms. The summed E-state index contributed by atoms with van der Waals surface area (Å²) in [7, 11) is -3.24. The molecule has 1 aromatic carbocycles. The first kappa shape index (κ1) is 14.8. The molecule has 20 heavy (non-hydrogen) atoms. The minimum atomic E-state index is -3.24. The van der Waals surface area contributed by atoms with E-state index in [1.165, 1.54) is 0 Å². The van der Waals surface area contributed by atoms with E-state index in [-0.39, 0.29) is 11.8 Å². The van der Waals surface area contributed by atoms with Gasteiger partial charge in [-0.1, -0.05) is 17.7 Å². The third kappa shape index (κ3) is 3.95. The first-order valence-corrected chi connectivity index (χ1v) is 8.27. The number of aromatic amines is 1. The Kier molecular flexibility index (Phi) is 4.62. The standard InChI is InChI=1S/C15H20N2O2S/c1-12-3-5-15(6-4-12)20(18,19)11-13(2)17-10-14-7-8-16-9-14/h3-9,13,16-17H,10-11H2,1-2H3/t13-/m0/s1. The van der Waals surface area contributed by atoms with Crippen LogP contribution in [-0.4, -0.2) is 25.2 Å². The largest absolute Gasteiger partial charge is 0.367 e. The quantitative estimate of drug-likeness (QED) is 0.858. The maximum absolute atomic E-state index is 12.3. The third-order valence-corrected chi connectivity index (χ3v) is 5.10. The third-order valence-electron chi connectivity index (χ3n) is 3.17. The van der Waals surface area contributed by atoms with Crippen molar-refractivity contribution in [3.63, 3.8) is 0 Å². The van der Waals surface area contributed by atoms with Gasteiger partial charge in [0.2, 0.25) is 0 Å². The number of aryl methyl sites for hydroxylation is 1. The van der Waals surface area contributed by atoms with Crippen LogP contribution in [-0.2, 0) is 16.4 Å². The van der Waals surface area contributed by atoms with Gasteiger partial charge in [0, 0.05) is 25.0 Å². The Morgan fingerprint density at radius 1 is 1.20 bits per heavy atom. The summed E-state index contributed by atoms with van der Waals surface area (Å²) >= 11 is 0. The minimum Gasteiger partial charge on any atom is -0.367 e. The summed E-state index contributed by atoms with van der Waals surface area (Å²) in [5.74, 6) is 0.0977. The zero-order chi connectivity index (χ0) is 14.6. The number of H-pyrrole nitrogens is 1. The van der Waals surface area contributed by atoms with E-state index >= 15 is 0 Å². The van der Waals surface area contributed by atoms with Gasteiger partial charge in [0.1, 0.15) is 0 Å². The van der Waals surface area contributed by atoms with Crippen molar-refractivity contribution in [1.29, 1.82) is 0 Å². The molecule has 0 amide bonds. The Balaban J connectivity index is 1.95. The van der Waals surface area contributed by atoms with Crippen LogP contribution in [0.3, 0.4) is 0 Å². The van der Waals surface area contributed by atoms with Crippen molar-refractivity contribution in [3.05, 3.63) is 53.9 Å². The van der Waals surface area contributed by atoms with Crippen molar-refractivity contribution in [3.8, 4) is 0 Å². The van der Waals surface area contributed by atoms with Gasteiger partial charge in [0.15, 0.2) is 9.84 Å². The Hall–Kier alpha value is -1.59. The second-order valence-corrected chi connectivity index (χ2v) is 7.13. The topological polar surface area (TPSA) is 62.0 Å². The molecular formula is C15H20N2O2S. The van der Waals surface area contributed by atoms with E-state index in [0.717, 1.165) is 11.1 Å². The summed E-state index contributed by atoms with van der Waals surface area (Å²) in [5.41, 5.74) is 2.17. The number of hydrogen-bond donors (Lipinski definition) is 2. The van der Waals surface area contributed by atoms with Crippen LogP contribution in [0.15, 0.2) is 47.6 Å². The average molecular weight is 292 g/mol. The summed E-state index contributed by atoms with van der Waals surface area (Å²) in [4.78, 5) is 3.36. The zero-order valence-electron chi connectivity index (χ0n) is 11.8. The van der Waals surface area contributed by atoms with Crippen molar-refractivity contribution in [2.75, 3.05) is 5.75 Å². The van der Waals surface area contributed by atoms with Crippen molar-refractivity contribution < 1.29 is 8.42 Å². The van der Waals surface area contributed by atoms with Crippen molar-refractivity contribution in [2.45, 2.75) is 31.3 Å². The lowest BCUT2D eigenvalue weighted by atomic mass is 10.2. The van der Waals surface area contributed by atoms with Crippen LogP contribution in [0.4, 0.5) is 0 Å². The number of rotatable bonds is 6. The highest BCUT2D eigenvalue weighted by Crippen LogP contribution is 2.13. The Morgan fingerprint density at radius 3 is 2.50 bits per heavy atom. The second kappa shape index (κ2) is 6.24. The van der Waals surface area contributed by atoms with E-state index in [1.807, 2.05) is 44.4 Å². The molecule has 0 aliphatic heterocycles. The highest BCUT2D eigenvalue weighted by Gasteiger charge is 2.18. The number of aromatic nitrogens is 1. The summed E-state index contributed by atoms with van der Waals surface area (Å²) in [6.07, 6.45) is 3.75. The van der Waals surface area contributed by atoms with Gasteiger partial charge in [-0.25, -0.2) is 8.42 Å². The number of hydrogen-bond acceptors (Lipinski definition) is 3. The molecule has 1 atom stereocenters. The lowest BCUT2D eigenvalue weighted by molar-refractivity contribution is 0.556. The molecular weight excluding hydrogens is 272 g/mol. The lowest BCUT2D eigenvalue weighted by Crippen LogP contribution is -2.32. The molecule has 0 spiro atoms. The molecule has 0 saturated heterocycles. The molecule has 2 aromatic rings. The lowest BCUT2D eigenvalue weighted by Gasteiger charge is -2.14. The molecule has 0 aliphatic carbocycles. The van der Waals surface area contributed by atoms with E-state index in [9.17, 15) is 8.42 Å². The summed E-state index contributed by atoms with van der Waals surface area (Å²) in [6.45, 7) is 4.49. The molecule has 1 heterocycles. The fourth-order valence-corrected chi connectivity index (χ4v) is 3.51. The molecule has 1 aromatic heterocycles. The van der Waals surface area contributed by atoms with Gasteiger partial charge in [-0.3, -0.25) is 0 Å². The maximum Gasteiger partial charge on any atom is 0.179 e. The first-order valence-electron chi connectivity index (χ1n) is 6.62. The minimum absolute atomic E-state index is 0.0977. The molecule has 0 fully saturated rings. The molecule has 0 radical (unpaired) electrons. The summed E-state index contributed by atoms with van der Waals surface area (Å²) in [6, 6.07) is 8.85. The van der Waals surface area contributed by atoms with Crippen molar-refractivity contribution in [1.82, 2.24) is 10.3 Å². The Bertz CT molecular complexity index is 631. The van der Waals surface area contributed by atoms with Crippen LogP contribution in [0.25, 0.3) is 0 Å².